The summed E-state index contributed by atoms with van der Waals surface area (Å²) in [6, 6.07) is 0. The predicted molar refractivity (Wildman–Crippen MR) is 11.3 cm³/mol. The summed E-state index contributed by atoms with van der Waals surface area (Å²) in [7, 11) is 0. The van der Waals surface area contributed by atoms with Gasteiger partial charge in [0.25, 0.3) is 0 Å². The van der Waals surface area contributed by atoms with Gasteiger partial charge in [-0.2, -0.15) is 0 Å². The Bertz CT molecular complexity index is 6.00. The molecule has 0 amide bonds. The van der Waals surface area contributed by atoms with Gasteiger partial charge in [0.2, 0.25) is 0 Å². The molecule has 0 spiro atoms. The van der Waals surface area contributed by atoms with Crippen LogP contribution in [0, 0.1) is 0 Å². The molecule has 0 atom stereocenters. The summed E-state index contributed by atoms with van der Waals surface area (Å²) < 4.78 is 0. The molecule has 3 N–H and O–H groups in total. The third-order valence-corrected chi connectivity index (χ3v) is 0. The van der Waals surface area contributed by atoms with Crippen LogP contribution in [0.4, 0.5) is 0 Å². The van der Waals surface area contributed by atoms with E-state index in [0.29, 0.717) is 0 Å². The van der Waals surface area contributed by atoms with Crippen molar-refractivity contribution in [3.05, 3.63) is 0 Å². The topological polar surface area (TPSA) is 61.5 Å². The Balaban J connectivity index is 0. The van der Waals surface area contributed by atoms with Crippen LogP contribution in [0.2, 0.25) is 0 Å². The standard InChI is InChI=1S/Al.Li.2H2O/h;;2*1H2/q+3;+1;;/p-1. The van der Waals surface area contributed by atoms with E-state index in [2.05, 4.69) is 0 Å². The number of rotatable bonds is 0. The first-order chi connectivity index (χ1) is 0. The van der Waals surface area contributed by atoms with Crippen LogP contribution >= 0.6 is 0 Å². The van der Waals surface area contributed by atoms with Gasteiger partial charge in [-0.1, -0.05) is 0 Å². The molecule has 0 saturated heterocycles. The fraction of sp³-hybridized carbons (Fsp3) is 0. The van der Waals surface area contributed by atoms with Gasteiger partial charge >= 0.3 is 36.2 Å². The van der Waals surface area contributed by atoms with Gasteiger partial charge in [0.05, 0.1) is 0 Å². The summed E-state index contributed by atoms with van der Waals surface area (Å²) in [4.78, 5) is 0. The zero-order chi connectivity index (χ0) is 0. The van der Waals surface area contributed by atoms with Crippen molar-refractivity contribution in [1.82, 2.24) is 0 Å². The molecule has 0 aromatic carbocycles. The molecule has 0 aliphatic heterocycles. The minimum absolute atomic E-state index is 0. The largest absolute Gasteiger partial charge is 3.00 e. The summed E-state index contributed by atoms with van der Waals surface area (Å²) >= 11 is 0. The van der Waals surface area contributed by atoms with Crippen molar-refractivity contribution >= 4 is 17.4 Å². The van der Waals surface area contributed by atoms with E-state index in [9.17, 15) is 0 Å². The minimum atomic E-state index is 0. The predicted octanol–water partition coefficient (Wildman–Crippen LogP) is -4.38. The molecule has 0 heterocycles. The van der Waals surface area contributed by atoms with Gasteiger partial charge in [-0.15, -0.1) is 0 Å². The van der Waals surface area contributed by atoms with Gasteiger partial charge in [0, 0.05) is 0 Å². The van der Waals surface area contributed by atoms with Crippen LogP contribution in [0.1, 0.15) is 0 Å². The van der Waals surface area contributed by atoms with Crippen LogP contribution in [0.3, 0.4) is 0 Å². The molecule has 0 aliphatic carbocycles. The van der Waals surface area contributed by atoms with E-state index in [4.69, 9.17) is 0 Å². The van der Waals surface area contributed by atoms with E-state index in [0.717, 1.165) is 0 Å². The molecule has 0 unspecified atom stereocenters. The third-order valence-electron chi connectivity index (χ3n) is 0. The first-order valence-corrected chi connectivity index (χ1v) is 0. The normalized spacial score (nSPS) is 0. The third kappa shape index (κ3) is 11.6. The summed E-state index contributed by atoms with van der Waals surface area (Å²) in [5.74, 6) is 0. The van der Waals surface area contributed by atoms with Crippen molar-refractivity contribution in [2.45, 2.75) is 0 Å². The van der Waals surface area contributed by atoms with Crippen LogP contribution in [0.15, 0.2) is 0 Å². The maximum absolute atomic E-state index is 0. The Kier molecular flexibility index (Phi) is 642. The Morgan fingerprint density at radius 1 is 1.00 bits per heavy atom. The van der Waals surface area contributed by atoms with Crippen LogP contribution in [0.25, 0.3) is 0 Å². The van der Waals surface area contributed by atoms with Gasteiger partial charge in [0.15, 0.2) is 0 Å². The maximum atomic E-state index is 0. The first-order valence-electron chi connectivity index (χ1n) is 0. The zero-order valence-electron chi connectivity index (χ0n) is 2.52. The monoisotopic (exact) mass is 69.0 g/mol. The van der Waals surface area contributed by atoms with Crippen molar-refractivity contribution in [2.24, 2.45) is 0 Å². The van der Waals surface area contributed by atoms with E-state index in [1.807, 2.05) is 0 Å². The number of hydrogen-bond acceptors (Lipinski definition) is 1. The average molecular weight is 68.9 g/mol. The molecular formula is H3AlLiO2+3. The summed E-state index contributed by atoms with van der Waals surface area (Å²) in [5, 5.41) is 0. The Morgan fingerprint density at radius 3 is 1.00 bits per heavy atom. The zero-order valence-corrected chi connectivity index (χ0v) is 3.68. The smallest absolute Gasteiger partial charge is 0.870 e. The molecule has 0 bridgehead atoms. The van der Waals surface area contributed by atoms with Crippen molar-refractivity contribution in [2.75, 3.05) is 0 Å². The van der Waals surface area contributed by atoms with Gasteiger partial charge in [0.1, 0.15) is 0 Å². The second-order valence-electron chi connectivity index (χ2n) is 0. The molecule has 0 aromatic rings. The van der Waals surface area contributed by atoms with E-state index in [1.54, 1.807) is 0 Å². The Hall–Kier alpha value is 1.05. The molecule has 0 rings (SSSR count). The van der Waals surface area contributed by atoms with E-state index in [1.165, 1.54) is 0 Å². The van der Waals surface area contributed by atoms with Crippen LogP contribution in [-0.2, 0) is 0 Å². The quantitative estimate of drug-likeness (QED) is 0.265. The molecule has 2 nitrogen and oxygen atoms in total. The first kappa shape index (κ1) is 75.1. The van der Waals surface area contributed by atoms with E-state index >= 15 is 0 Å². The molecule has 0 aromatic heterocycles. The fourth-order valence-corrected chi connectivity index (χ4v) is 0. The van der Waals surface area contributed by atoms with Gasteiger partial charge in [-0.05, 0) is 0 Å². The molecule has 4 heteroatoms. The summed E-state index contributed by atoms with van der Waals surface area (Å²) in [5.41, 5.74) is 0. The second kappa shape index (κ2) is 34.2. The molecule has 0 radical (unpaired) electrons. The van der Waals surface area contributed by atoms with Crippen molar-refractivity contribution in [1.29, 1.82) is 0 Å². The van der Waals surface area contributed by atoms with Gasteiger partial charge < -0.3 is 11.0 Å². The Morgan fingerprint density at radius 2 is 1.00 bits per heavy atom. The average Bonchev–Trinajstić information content (AvgIpc) is 0. The SMILES string of the molecule is O.[Al+3].[Li+].[OH-]. The van der Waals surface area contributed by atoms with Crippen molar-refractivity contribution < 1.29 is 29.8 Å². The molecule has 0 aliphatic rings. The Labute approximate surface area is 47.5 Å². The molecule has 4 heavy (non-hydrogen) atoms. The summed E-state index contributed by atoms with van der Waals surface area (Å²) in [6.07, 6.45) is 0. The van der Waals surface area contributed by atoms with Crippen molar-refractivity contribution in [3.63, 3.8) is 0 Å². The molecule has 0 fully saturated rings. The van der Waals surface area contributed by atoms with E-state index in [-0.39, 0.29) is 47.2 Å². The van der Waals surface area contributed by atoms with Gasteiger partial charge in [-0.3, -0.25) is 0 Å². The van der Waals surface area contributed by atoms with Crippen LogP contribution in [-0.4, -0.2) is 28.3 Å². The van der Waals surface area contributed by atoms with Crippen LogP contribution in [0.5, 0.6) is 0 Å². The maximum Gasteiger partial charge on any atom is 3.00 e. The molecule has 16 valence electrons. The van der Waals surface area contributed by atoms with Crippen LogP contribution < -0.4 is 18.9 Å². The second-order valence-corrected chi connectivity index (χ2v) is 0. The van der Waals surface area contributed by atoms with Gasteiger partial charge in [-0.25, -0.2) is 0 Å². The number of hydrogen-bond donors (Lipinski definition) is 0. The van der Waals surface area contributed by atoms with E-state index < -0.39 is 0 Å². The fourth-order valence-electron chi connectivity index (χ4n) is 0. The summed E-state index contributed by atoms with van der Waals surface area (Å²) in [6.45, 7) is 0. The molecule has 0 saturated carbocycles. The van der Waals surface area contributed by atoms with Crippen molar-refractivity contribution in [3.8, 4) is 0 Å². The molecular weight excluding hydrogens is 65.9 g/mol. The minimum Gasteiger partial charge on any atom is -0.870 e.